The molecule has 0 radical (unpaired) electrons. The van der Waals surface area contributed by atoms with Crippen molar-refractivity contribution in [2.45, 2.75) is 101 Å². The van der Waals surface area contributed by atoms with Crippen molar-refractivity contribution in [3.05, 3.63) is 130 Å². The van der Waals surface area contributed by atoms with E-state index in [2.05, 4.69) is 65.8 Å². The van der Waals surface area contributed by atoms with E-state index in [1.165, 1.54) is 0 Å². The SMILES string of the molecule is CC1=C(/C=C/C(C)=C/C=C/C(C)=C/C=C/C=C(C)/C=C/C=C(C)/C=C/C2=C(C)C(=O)C(O)CC2(C)C)C(C)(C)CC(O)C1=O.CCO. The van der Waals surface area contributed by atoms with Gasteiger partial charge in [-0.05, 0) is 94.4 Å². The number of Topliss-reactive ketones (excluding diaryl/α,β-unsaturated/α-hetero) is 2. The van der Waals surface area contributed by atoms with E-state index in [9.17, 15) is 19.8 Å². The Morgan fingerprint density at radius 2 is 0.894 bits per heavy atom. The number of rotatable bonds is 10. The second kappa shape index (κ2) is 19.2. The van der Waals surface area contributed by atoms with Gasteiger partial charge < -0.3 is 15.3 Å². The lowest BCUT2D eigenvalue weighted by molar-refractivity contribution is -0.126. The molecule has 0 fully saturated rings. The van der Waals surface area contributed by atoms with E-state index in [0.717, 1.165) is 33.4 Å². The Hall–Kier alpha value is -3.64. The molecule has 0 aliphatic heterocycles. The van der Waals surface area contributed by atoms with E-state index in [4.69, 9.17) is 5.11 Å². The molecule has 256 valence electrons. The molecule has 0 saturated heterocycles. The van der Waals surface area contributed by atoms with Crippen molar-refractivity contribution in [2.24, 2.45) is 10.8 Å². The van der Waals surface area contributed by atoms with E-state index in [1.54, 1.807) is 20.8 Å². The lowest BCUT2D eigenvalue weighted by Gasteiger charge is -2.34. The average molecular weight is 643 g/mol. The number of ketones is 2. The molecule has 0 amide bonds. The Labute approximate surface area is 284 Å². The fourth-order valence-electron chi connectivity index (χ4n) is 5.62. The number of carbonyl (C=O) groups excluding carboxylic acids is 2. The van der Waals surface area contributed by atoms with Crippen LogP contribution in [-0.2, 0) is 9.59 Å². The summed E-state index contributed by atoms with van der Waals surface area (Å²) in [5.74, 6) is -0.350. The lowest BCUT2D eigenvalue weighted by Crippen LogP contribution is -2.35. The third kappa shape index (κ3) is 13.6. The van der Waals surface area contributed by atoms with Crippen molar-refractivity contribution in [1.82, 2.24) is 0 Å². The average Bonchev–Trinajstić information content (AvgIpc) is 2.96. The minimum absolute atomic E-state index is 0.175. The van der Waals surface area contributed by atoms with Gasteiger partial charge in [0.25, 0.3) is 0 Å². The van der Waals surface area contributed by atoms with Gasteiger partial charge in [-0.3, -0.25) is 9.59 Å². The molecule has 0 aromatic rings. The lowest BCUT2D eigenvalue weighted by atomic mass is 9.71. The first-order valence-electron chi connectivity index (χ1n) is 16.4. The van der Waals surface area contributed by atoms with E-state index < -0.39 is 12.2 Å². The van der Waals surface area contributed by atoms with Crippen LogP contribution in [0.1, 0.15) is 89.0 Å². The molecule has 2 aliphatic carbocycles. The van der Waals surface area contributed by atoms with Crippen molar-refractivity contribution >= 4 is 11.6 Å². The first-order valence-corrected chi connectivity index (χ1v) is 16.4. The van der Waals surface area contributed by atoms with E-state index in [-0.39, 0.29) is 29.0 Å². The molecule has 2 rings (SSSR count). The number of aliphatic hydroxyl groups is 3. The highest BCUT2D eigenvalue weighted by molar-refractivity contribution is 6.01. The molecule has 2 unspecified atom stereocenters. The summed E-state index contributed by atoms with van der Waals surface area (Å²) in [6.45, 7) is 21.9. The minimum atomic E-state index is -0.907. The van der Waals surface area contributed by atoms with Gasteiger partial charge in [-0.25, -0.2) is 0 Å². The zero-order valence-corrected chi connectivity index (χ0v) is 30.5. The highest BCUT2D eigenvalue weighted by atomic mass is 16.3. The molecule has 0 aromatic heterocycles. The summed E-state index contributed by atoms with van der Waals surface area (Å²) in [4.78, 5) is 24.5. The van der Waals surface area contributed by atoms with Crippen molar-refractivity contribution < 1.29 is 24.9 Å². The van der Waals surface area contributed by atoms with Gasteiger partial charge in [0.05, 0.1) is 0 Å². The maximum atomic E-state index is 12.2. The Balaban J connectivity index is 0.00000354. The van der Waals surface area contributed by atoms with Gasteiger partial charge >= 0.3 is 0 Å². The minimum Gasteiger partial charge on any atom is -0.397 e. The summed E-state index contributed by atoms with van der Waals surface area (Å²) in [5.41, 5.74) is 7.16. The molecule has 47 heavy (non-hydrogen) atoms. The van der Waals surface area contributed by atoms with Crippen LogP contribution in [0.15, 0.2) is 130 Å². The quantitative estimate of drug-likeness (QED) is 0.207. The molecule has 0 heterocycles. The first-order chi connectivity index (χ1) is 21.9. The number of aliphatic hydroxyl groups excluding tert-OH is 3. The van der Waals surface area contributed by atoms with Crippen molar-refractivity contribution in [3.8, 4) is 0 Å². The smallest absolute Gasteiger partial charge is 0.187 e. The van der Waals surface area contributed by atoms with Gasteiger partial charge in [0.1, 0.15) is 12.2 Å². The summed E-state index contributed by atoms with van der Waals surface area (Å²) in [6.07, 6.45) is 27.5. The third-order valence-electron chi connectivity index (χ3n) is 8.31. The van der Waals surface area contributed by atoms with Crippen molar-refractivity contribution in [2.75, 3.05) is 6.61 Å². The Kier molecular flexibility index (Phi) is 16.9. The fourth-order valence-corrected chi connectivity index (χ4v) is 5.62. The predicted octanol–water partition coefficient (Wildman–Crippen LogP) is 8.90. The molecular formula is C42H58O5. The van der Waals surface area contributed by atoms with Gasteiger partial charge in [0.2, 0.25) is 0 Å². The molecule has 3 N–H and O–H groups in total. The van der Waals surface area contributed by atoms with Crippen LogP contribution >= 0.6 is 0 Å². The second-order valence-electron chi connectivity index (χ2n) is 13.7. The van der Waals surface area contributed by atoms with Crippen LogP contribution in [0.4, 0.5) is 0 Å². The highest BCUT2D eigenvalue weighted by Gasteiger charge is 2.37. The number of hydrogen-bond donors (Lipinski definition) is 3. The first kappa shape index (κ1) is 41.4. The van der Waals surface area contributed by atoms with Crippen molar-refractivity contribution in [3.63, 3.8) is 0 Å². The van der Waals surface area contributed by atoms with Crippen LogP contribution in [-0.4, -0.2) is 45.7 Å². The number of hydrogen-bond acceptors (Lipinski definition) is 5. The molecule has 0 aromatic carbocycles. The number of carbonyl (C=O) groups is 2. The summed E-state index contributed by atoms with van der Waals surface area (Å²) in [7, 11) is 0. The molecule has 0 saturated carbocycles. The number of allylic oxidation sites excluding steroid dienone is 20. The Morgan fingerprint density at radius 3 is 1.21 bits per heavy atom. The summed E-state index contributed by atoms with van der Waals surface area (Å²) in [6, 6.07) is 0. The topological polar surface area (TPSA) is 94.8 Å². The van der Waals surface area contributed by atoms with Crippen LogP contribution in [0, 0.1) is 10.8 Å². The maximum absolute atomic E-state index is 12.2. The molecule has 0 spiro atoms. The predicted molar refractivity (Wildman–Crippen MR) is 198 cm³/mol. The molecule has 5 nitrogen and oxygen atoms in total. The fraction of sp³-hybridized carbons (Fsp3) is 0.429. The monoisotopic (exact) mass is 642 g/mol. The van der Waals surface area contributed by atoms with Gasteiger partial charge in [-0.15, -0.1) is 0 Å². The van der Waals surface area contributed by atoms with E-state index in [0.29, 0.717) is 24.0 Å². The largest absolute Gasteiger partial charge is 0.397 e. The summed E-state index contributed by atoms with van der Waals surface area (Å²) >= 11 is 0. The van der Waals surface area contributed by atoms with Gasteiger partial charge in [0, 0.05) is 6.61 Å². The molecular weight excluding hydrogens is 584 g/mol. The molecule has 5 heteroatoms. The van der Waals surface area contributed by atoms with Gasteiger partial charge in [-0.2, -0.15) is 0 Å². The van der Waals surface area contributed by atoms with Crippen LogP contribution in [0.2, 0.25) is 0 Å². The van der Waals surface area contributed by atoms with Crippen LogP contribution in [0.3, 0.4) is 0 Å². The van der Waals surface area contributed by atoms with Crippen molar-refractivity contribution in [1.29, 1.82) is 0 Å². The zero-order valence-electron chi connectivity index (χ0n) is 30.5. The maximum Gasteiger partial charge on any atom is 0.187 e. The standard InChI is InChI=1S/C40H52O4.C2H6O/c1-27(17-13-19-29(3)21-23-33-31(5)37(43)35(41)25-39(33,7)8)15-11-12-16-28(2)18-14-20-30(4)22-24-34-32(6)38(44)36(42)26-40(34,9)10;1-2-3/h11-24,35-36,41-42H,25-26H2,1-10H3;3H,2H2,1H3/b12-11+,17-13+,18-14+,23-21+,24-22+,27-15+,28-16+,29-19+,30-20+;. The van der Waals surface area contributed by atoms with Crippen LogP contribution in [0.5, 0.6) is 0 Å². The second-order valence-corrected chi connectivity index (χ2v) is 13.7. The third-order valence-corrected chi connectivity index (χ3v) is 8.31. The Morgan fingerprint density at radius 1 is 0.617 bits per heavy atom. The molecule has 2 atom stereocenters. The summed E-state index contributed by atoms with van der Waals surface area (Å²) in [5, 5.41) is 27.6. The molecule has 0 bridgehead atoms. The van der Waals surface area contributed by atoms with Gasteiger partial charge in [0.15, 0.2) is 11.6 Å². The summed E-state index contributed by atoms with van der Waals surface area (Å²) < 4.78 is 0. The van der Waals surface area contributed by atoms with Crippen LogP contribution < -0.4 is 0 Å². The van der Waals surface area contributed by atoms with E-state index >= 15 is 0 Å². The highest BCUT2D eigenvalue weighted by Crippen LogP contribution is 2.40. The van der Waals surface area contributed by atoms with Crippen LogP contribution in [0.25, 0.3) is 0 Å². The van der Waals surface area contributed by atoms with E-state index in [1.807, 2.05) is 74.6 Å². The van der Waals surface area contributed by atoms with Gasteiger partial charge in [-0.1, -0.05) is 135 Å². The zero-order chi connectivity index (χ0) is 35.9. The normalized spacial score (nSPS) is 23.4. The Bertz CT molecular complexity index is 1360. The molecule has 2 aliphatic rings.